The van der Waals surface area contributed by atoms with Crippen molar-refractivity contribution in [2.75, 3.05) is 5.88 Å². The Labute approximate surface area is 84.6 Å². The molecule has 0 rings (SSSR count). The van der Waals surface area contributed by atoms with Crippen molar-refractivity contribution < 1.29 is 13.0 Å². The molecule has 0 unspecified atom stereocenters. The molecule has 1 radical (unpaired) electrons. The Morgan fingerprint density at radius 3 is 1.71 bits per heavy atom. The SMILES string of the molecule is NCS(=O)(=O)O.[K]. The summed E-state index contributed by atoms with van der Waals surface area (Å²) < 4.78 is 26.5. The van der Waals surface area contributed by atoms with Gasteiger partial charge in [0.25, 0.3) is 10.1 Å². The first-order valence-electron chi connectivity index (χ1n) is 1.21. The fourth-order valence-corrected chi connectivity index (χ4v) is 0. The van der Waals surface area contributed by atoms with Crippen molar-refractivity contribution in [1.82, 2.24) is 0 Å². The molecule has 0 bridgehead atoms. The molecule has 0 aromatic heterocycles. The summed E-state index contributed by atoms with van der Waals surface area (Å²) in [5, 5.41) is 0. The van der Waals surface area contributed by atoms with Crippen molar-refractivity contribution >= 4 is 61.5 Å². The Bertz CT molecular complexity index is 117. The molecule has 39 valence electrons. The minimum atomic E-state index is -3.88. The monoisotopic (exact) mass is 150 g/mol. The molecule has 0 aliphatic heterocycles. The van der Waals surface area contributed by atoms with Gasteiger partial charge in [-0.05, 0) is 0 Å². The third-order valence-electron chi connectivity index (χ3n) is 0.211. The van der Waals surface area contributed by atoms with Gasteiger partial charge >= 0.3 is 0 Å². The van der Waals surface area contributed by atoms with Gasteiger partial charge in [-0.1, -0.05) is 0 Å². The molecule has 0 atom stereocenters. The molecule has 0 aliphatic carbocycles. The van der Waals surface area contributed by atoms with Crippen LogP contribution in [0.1, 0.15) is 0 Å². The first-order chi connectivity index (χ1) is 2.56. The minimum Gasteiger partial charge on any atom is -0.316 e. The van der Waals surface area contributed by atoms with E-state index < -0.39 is 16.0 Å². The summed E-state index contributed by atoms with van der Waals surface area (Å²) >= 11 is 0. The molecule has 6 heteroatoms. The molecular weight excluding hydrogens is 145 g/mol. The van der Waals surface area contributed by atoms with E-state index in [2.05, 4.69) is 5.73 Å². The molecule has 0 aromatic carbocycles. The van der Waals surface area contributed by atoms with Crippen LogP contribution in [0.5, 0.6) is 0 Å². The van der Waals surface area contributed by atoms with Crippen molar-refractivity contribution in [3.05, 3.63) is 0 Å². The van der Waals surface area contributed by atoms with Crippen molar-refractivity contribution in [3.63, 3.8) is 0 Å². The van der Waals surface area contributed by atoms with Gasteiger partial charge in [-0.15, -0.1) is 0 Å². The number of rotatable bonds is 1. The number of hydrogen-bond acceptors (Lipinski definition) is 3. The molecule has 0 saturated heterocycles. The predicted octanol–water partition coefficient (Wildman–Crippen LogP) is -1.59. The Hall–Kier alpha value is 1.51. The van der Waals surface area contributed by atoms with Gasteiger partial charge in [0, 0.05) is 51.4 Å². The van der Waals surface area contributed by atoms with Crippen LogP contribution in [0.4, 0.5) is 0 Å². The predicted molar refractivity (Wildman–Crippen MR) is 26.4 cm³/mol. The summed E-state index contributed by atoms with van der Waals surface area (Å²) in [7, 11) is -3.88. The van der Waals surface area contributed by atoms with Crippen LogP contribution in [-0.2, 0) is 10.1 Å². The van der Waals surface area contributed by atoms with E-state index >= 15 is 0 Å². The fraction of sp³-hybridized carbons (Fsp3) is 1.00. The average molecular weight is 150 g/mol. The molecule has 0 amide bonds. The normalized spacial score (nSPS) is 10.0. The van der Waals surface area contributed by atoms with E-state index in [0.717, 1.165) is 0 Å². The second-order valence-corrected chi connectivity index (χ2v) is 2.25. The molecule has 0 saturated carbocycles. The van der Waals surface area contributed by atoms with Crippen LogP contribution in [0.3, 0.4) is 0 Å². The van der Waals surface area contributed by atoms with Gasteiger partial charge in [-0.2, -0.15) is 8.42 Å². The van der Waals surface area contributed by atoms with E-state index in [0.29, 0.717) is 0 Å². The van der Waals surface area contributed by atoms with E-state index in [-0.39, 0.29) is 51.4 Å². The van der Waals surface area contributed by atoms with Crippen LogP contribution < -0.4 is 5.73 Å². The molecular formula is CH5KNO3S. The maximum atomic E-state index is 9.43. The van der Waals surface area contributed by atoms with Crippen LogP contribution in [0.25, 0.3) is 0 Å². The summed E-state index contributed by atoms with van der Waals surface area (Å²) in [5.41, 5.74) is 4.47. The fourth-order valence-electron chi connectivity index (χ4n) is 0. The largest absolute Gasteiger partial charge is 0.316 e. The van der Waals surface area contributed by atoms with E-state index in [1.807, 2.05) is 0 Å². The maximum absolute atomic E-state index is 9.43. The Kier molecular flexibility index (Phi) is 7.10. The smallest absolute Gasteiger partial charge is 0.277 e. The second kappa shape index (κ2) is 4.39. The number of hydrogen-bond donors (Lipinski definition) is 2. The molecule has 0 aliphatic rings. The Morgan fingerprint density at radius 1 is 1.57 bits per heavy atom. The second-order valence-electron chi connectivity index (χ2n) is 0.749. The van der Waals surface area contributed by atoms with Crippen LogP contribution in [0, 0.1) is 0 Å². The summed E-state index contributed by atoms with van der Waals surface area (Å²) in [6.07, 6.45) is 0. The minimum absolute atomic E-state index is 0. The summed E-state index contributed by atoms with van der Waals surface area (Å²) in [6, 6.07) is 0. The van der Waals surface area contributed by atoms with Gasteiger partial charge in [-0.25, -0.2) is 0 Å². The zero-order chi connectivity index (χ0) is 5.21. The molecule has 0 heterocycles. The first kappa shape index (κ1) is 11.3. The maximum Gasteiger partial charge on any atom is 0.277 e. The van der Waals surface area contributed by atoms with Gasteiger partial charge < -0.3 is 5.73 Å². The van der Waals surface area contributed by atoms with E-state index in [4.69, 9.17) is 4.55 Å². The summed E-state index contributed by atoms with van der Waals surface area (Å²) in [4.78, 5) is 0. The molecule has 0 spiro atoms. The zero-order valence-electron chi connectivity index (χ0n) is 3.96. The molecule has 4 nitrogen and oxygen atoms in total. The third-order valence-corrected chi connectivity index (χ3v) is 0.632. The quantitative estimate of drug-likeness (QED) is 0.349. The van der Waals surface area contributed by atoms with Crippen molar-refractivity contribution in [2.45, 2.75) is 0 Å². The van der Waals surface area contributed by atoms with E-state index in [9.17, 15) is 8.42 Å². The van der Waals surface area contributed by atoms with E-state index in [1.54, 1.807) is 0 Å². The Morgan fingerprint density at radius 2 is 1.71 bits per heavy atom. The Balaban J connectivity index is 0. The van der Waals surface area contributed by atoms with Crippen LogP contribution in [0.15, 0.2) is 0 Å². The van der Waals surface area contributed by atoms with Crippen molar-refractivity contribution in [2.24, 2.45) is 5.73 Å². The van der Waals surface area contributed by atoms with Gasteiger partial charge in [0.1, 0.15) is 5.88 Å². The van der Waals surface area contributed by atoms with Crippen LogP contribution >= 0.6 is 0 Å². The number of nitrogens with two attached hydrogens (primary N) is 1. The standard InChI is InChI=1S/CH5NO3S.K/c2-1-6(3,4)5;/h1-2H2,(H,3,4,5);. The topological polar surface area (TPSA) is 80.4 Å². The molecule has 7 heavy (non-hydrogen) atoms. The zero-order valence-corrected chi connectivity index (χ0v) is 7.90. The van der Waals surface area contributed by atoms with Crippen molar-refractivity contribution in [3.8, 4) is 0 Å². The average Bonchev–Trinajstić information content (AvgIpc) is 1.35. The first-order valence-corrected chi connectivity index (χ1v) is 2.82. The van der Waals surface area contributed by atoms with Gasteiger partial charge in [0.05, 0.1) is 0 Å². The summed E-state index contributed by atoms with van der Waals surface area (Å²) in [6.45, 7) is 0. The van der Waals surface area contributed by atoms with Crippen LogP contribution in [-0.4, -0.2) is 70.2 Å². The third kappa shape index (κ3) is 11.2. The van der Waals surface area contributed by atoms with Gasteiger partial charge in [0.2, 0.25) is 0 Å². The molecule has 0 aromatic rings. The van der Waals surface area contributed by atoms with Gasteiger partial charge in [0.15, 0.2) is 0 Å². The molecule has 0 fully saturated rings. The van der Waals surface area contributed by atoms with E-state index in [1.165, 1.54) is 0 Å². The van der Waals surface area contributed by atoms with Crippen molar-refractivity contribution in [1.29, 1.82) is 0 Å². The van der Waals surface area contributed by atoms with Gasteiger partial charge in [-0.3, -0.25) is 4.55 Å². The van der Waals surface area contributed by atoms with Crippen LogP contribution in [0.2, 0.25) is 0 Å². The summed E-state index contributed by atoms with van der Waals surface area (Å²) in [5.74, 6) is -0.701. The molecule has 3 N–H and O–H groups in total.